The molecule has 0 aromatic heterocycles. The van der Waals surface area contributed by atoms with E-state index in [0.29, 0.717) is 12.0 Å². The molecule has 0 aliphatic carbocycles. The van der Waals surface area contributed by atoms with E-state index in [9.17, 15) is 0 Å². The van der Waals surface area contributed by atoms with Gasteiger partial charge in [-0.1, -0.05) is 46.5 Å². The summed E-state index contributed by atoms with van der Waals surface area (Å²) in [5.74, 6) is 0. The predicted octanol–water partition coefficient (Wildman–Crippen LogP) is 3.77. The lowest BCUT2D eigenvalue weighted by molar-refractivity contribution is 0.0639. The minimum atomic E-state index is 0.140. The van der Waals surface area contributed by atoms with Crippen molar-refractivity contribution in [1.29, 1.82) is 0 Å². The first-order valence-corrected chi connectivity index (χ1v) is 6.87. The molecule has 0 unspecified atom stereocenters. The van der Waals surface area contributed by atoms with E-state index in [1.165, 1.54) is 38.5 Å². The van der Waals surface area contributed by atoms with Crippen LogP contribution in [-0.2, 0) is 4.74 Å². The molecule has 0 heterocycles. The maximum atomic E-state index is 8.65. The van der Waals surface area contributed by atoms with Gasteiger partial charge in [0.2, 0.25) is 0 Å². The van der Waals surface area contributed by atoms with E-state index in [1.807, 2.05) is 0 Å². The summed E-state index contributed by atoms with van der Waals surface area (Å²) in [4.78, 5) is 0. The summed E-state index contributed by atoms with van der Waals surface area (Å²) >= 11 is 0. The third kappa shape index (κ3) is 8.12. The Bertz CT molecular complexity index is 138. The molecule has 0 bridgehead atoms. The van der Waals surface area contributed by atoms with E-state index >= 15 is 0 Å². The van der Waals surface area contributed by atoms with Crippen LogP contribution in [0, 0.1) is 5.41 Å². The van der Waals surface area contributed by atoms with Crippen LogP contribution in [0.15, 0.2) is 0 Å². The minimum absolute atomic E-state index is 0.140. The van der Waals surface area contributed by atoms with Crippen LogP contribution in [0.5, 0.6) is 0 Å². The second kappa shape index (κ2) is 10.1. The van der Waals surface area contributed by atoms with Crippen molar-refractivity contribution >= 4 is 0 Å². The summed E-state index contributed by atoms with van der Waals surface area (Å²) in [7, 11) is 0. The maximum Gasteiger partial charge on any atom is 0.0697 e. The van der Waals surface area contributed by atoms with Gasteiger partial charge in [-0.2, -0.15) is 0 Å². The molecule has 0 aromatic rings. The number of aliphatic hydroxyl groups excluding tert-OH is 1. The zero-order valence-corrected chi connectivity index (χ0v) is 11.4. The highest BCUT2D eigenvalue weighted by Gasteiger charge is 2.22. The van der Waals surface area contributed by atoms with Crippen LogP contribution < -0.4 is 0 Å². The summed E-state index contributed by atoms with van der Waals surface area (Å²) in [6.45, 7) is 8.31. The van der Waals surface area contributed by atoms with Gasteiger partial charge in [-0.25, -0.2) is 0 Å². The molecule has 98 valence electrons. The molecule has 0 aliphatic heterocycles. The zero-order chi connectivity index (χ0) is 12.3. The molecular formula is C14H30O2. The fourth-order valence-electron chi connectivity index (χ4n) is 2.07. The van der Waals surface area contributed by atoms with Crippen LogP contribution in [0.1, 0.15) is 65.7 Å². The van der Waals surface area contributed by atoms with E-state index in [1.54, 1.807) is 0 Å². The van der Waals surface area contributed by atoms with Crippen LogP contribution in [-0.4, -0.2) is 24.9 Å². The minimum Gasteiger partial charge on any atom is -0.394 e. The van der Waals surface area contributed by atoms with E-state index in [-0.39, 0.29) is 6.61 Å². The van der Waals surface area contributed by atoms with Crippen molar-refractivity contribution in [1.82, 2.24) is 0 Å². The summed E-state index contributed by atoms with van der Waals surface area (Å²) in [6.07, 6.45) is 8.95. The Morgan fingerprint density at radius 2 is 1.50 bits per heavy atom. The number of ether oxygens (including phenoxy) is 1. The monoisotopic (exact) mass is 230 g/mol. The Morgan fingerprint density at radius 3 is 1.94 bits per heavy atom. The van der Waals surface area contributed by atoms with Gasteiger partial charge in [-0.3, -0.25) is 0 Å². The molecule has 0 atom stereocenters. The van der Waals surface area contributed by atoms with Crippen molar-refractivity contribution in [2.24, 2.45) is 5.41 Å². The Kier molecular flexibility index (Phi) is 10.0. The van der Waals surface area contributed by atoms with E-state index < -0.39 is 0 Å². The molecule has 16 heavy (non-hydrogen) atoms. The molecule has 0 spiro atoms. The number of rotatable bonds is 11. The maximum absolute atomic E-state index is 8.65. The smallest absolute Gasteiger partial charge is 0.0697 e. The van der Waals surface area contributed by atoms with Gasteiger partial charge in [0.25, 0.3) is 0 Å². The third-order valence-electron chi connectivity index (χ3n) is 3.35. The van der Waals surface area contributed by atoms with Crippen LogP contribution in [0.25, 0.3) is 0 Å². The first kappa shape index (κ1) is 15.9. The van der Waals surface area contributed by atoms with E-state index in [4.69, 9.17) is 9.84 Å². The Labute approximate surface area is 101 Å². The highest BCUT2D eigenvalue weighted by molar-refractivity contribution is 4.74. The van der Waals surface area contributed by atoms with E-state index in [2.05, 4.69) is 20.8 Å². The average Bonchev–Trinajstić information content (AvgIpc) is 2.30. The van der Waals surface area contributed by atoms with Gasteiger partial charge >= 0.3 is 0 Å². The van der Waals surface area contributed by atoms with Crippen molar-refractivity contribution in [2.75, 3.05) is 19.8 Å². The Morgan fingerprint density at radius 1 is 0.938 bits per heavy atom. The summed E-state index contributed by atoms with van der Waals surface area (Å²) in [6, 6.07) is 0. The Hall–Kier alpha value is -0.0800. The topological polar surface area (TPSA) is 29.5 Å². The second-order valence-corrected chi connectivity index (χ2v) is 5.10. The van der Waals surface area contributed by atoms with Gasteiger partial charge in [0.1, 0.15) is 0 Å². The lowest BCUT2D eigenvalue weighted by atomic mass is 9.78. The Balaban J connectivity index is 3.86. The average molecular weight is 230 g/mol. The molecule has 0 aliphatic rings. The molecule has 0 amide bonds. The van der Waals surface area contributed by atoms with Crippen molar-refractivity contribution in [2.45, 2.75) is 65.7 Å². The number of hydrogen-bond donors (Lipinski definition) is 1. The lowest BCUT2D eigenvalue weighted by Crippen LogP contribution is -2.19. The first-order chi connectivity index (χ1) is 7.68. The van der Waals surface area contributed by atoms with Crippen molar-refractivity contribution in [3.8, 4) is 0 Å². The molecule has 0 aromatic carbocycles. The SMILES string of the molecule is CCCCC(C)(CCCC)CCOCCO. The van der Waals surface area contributed by atoms with Gasteiger partial charge in [-0.15, -0.1) is 0 Å². The van der Waals surface area contributed by atoms with Crippen LogP contribution >= 0.6 is 0 Å². The first-order valence-electron chi connectivity index (χ1n) is 6.87. The van der Waals surface area contributed by atoms with E-state index in [0.717, 1.165) is 13.0 Å². The molecule has 0 saturated carbocycles. The summed E-state index contributed by atoms with van der Waals surface area (Å²) in [5, 5.41) is 8.65. The largest absolute Gasteiger partial charge is 0.394 e. The van der Waals surface area contributed by atoms with Crippen molar-refractivity contribution < 1.29 is 9.84 Å². The molecule has 1 N–H and O–H groups in total. The van der Waals surface area contributed by atoms with Crippen LogP contribution in [0.2, 0.25) is 0 Å². The van der Waals surface area contributed by atoms with Gasteiger partial charge in [0.05, 0.1) is 13.2 Å². The fraction of sp³-hybridized carbons (Fsp3) is 1.00. The van der Waals surface area contributed by atoms with Gasteiger partial charge in [-0.05, 0) is 24.7 Å². The number of unbranched alkanes of at least 4 members (excludes halogenated alkanes) is 2. The van der Waals surface area contributed by atoms with Crippen molar-refractivity contribution in [3.63, 3.8) is 0 Å². The molecule has 0 rings (SSSR count). The molecule has 0 fully saturated rings. The highest BCUT2D eigenvalue weighted by Crippen LogP contribution is 2.34. The number of hydrogen-bond acceptors (Lipinski definition) is 2. The predicted molar refractivity (Wildman–Crippen MR) is 69.7 cm³/mol. The highest BCUT2D eigenvalue weighted by atomic mass is 16.5. The fourth-order valence-corrected chi connectivity index (χ4v) is 2.07. The molecule has 0 saturated heterocycles. The summed E-state index contributed by atoms with van der Waals surface area (Å²) in [5.41, 5.74) is 0.446. The van der Waals surface area contributed by atoms with Gasteiger partial charge in [0, 0.05) is 6.61 Å². The molecule has 2 heteroatoms. The molecule has 0 radical (unpaired) electrons. The van der Waals surface area contributed by atoms with Crippen LogP contribution in [0.4, 0.5) is 0 Å². The summed E-state index contributed by atoms with van der Waals surface area (Å²) < 4.78 is 5.39. The lowest BCUT2D eigenvalue weighted by Gasteiger charge is -2.29. The standard InChI is InChI=1S/C14H30O2/c1-4-6-8-14(3,9-7-5-2)10-12-16-13-11-15/h15H,4-13H2,1-3H3. The normalized spacial score (nSPS) is 12.0. The second-order valence-electron chi connectivity index (χ2n) is 5.10. The quantitative estimate of drug-likeness (QED) is 0.547. The van der Waals surface area contributed by atoms with Gasteiger partial charge in [0.15, 0.2) is 0 Å². The van der Waals surface area contributed by atoms with Gasteiger partial charge < -0.3 is 9.84 Å². The zero-order valence-electron chi connectivity index (χ0n) is 11.4. The molecular weight excluding hydrogens is 200 g/mol. The third-order valence-corrected chi connectivity index (χ3v) is 3.35. The van der Waals surface area contributed by atoms with Crippen molar-refractivity contribution in [3.05, 3.63) is 0 Å². The number of aliphatic hydroxyl groups is 1. The molecule has 2 nitrogen and oxygen atoms in total. The van der Waals surface area contributed by atoms with Crippen LogP contribution in [0.3, 0.4) is 0 Å².